The van der Waals surface area contributed by atoms with Crippen molar-refractivity contribution in [2.45, 2.75) is 32.7 Å². The van der Waals surface area contributed by atoms with Crippen LogP contribution < -0.4 is 10.2 Å². The van der Waals surface area contributed by atoms with Crippen molar-refractivity contribution in [1.82, 2.24) is 14.9 Å². The number of hydrogen-bond donors (Lipinski definition) is 1. The minimum Gasteiger partial charge on any atom is -0.369 e. The highest BCUT2D eigenvalue weighted by molar-refractivity contribution is 5.97. The van der Waals surface area contributed by atoms with Crippen LogP contribution in [0.4, 0.5) is 10.1 Å². The van der Waals surface area contributed by atoms with E-state index in [0.717, 1.165) is 54.0 Å². The number of aromatic nitrogens is 2. The quantitative estimate of drug-likeness (QED) is 0.753. The predicted molar refractivity (Wildman–Crippen MR) is 109 cm³/mol. The summed E-state index contributed by atoms with van der Waals surface area (Å²) in [7, 11) is 1.97. The van der Waals surface area contributed by atoms with Gasteiger partial charge >= 0.3 is 0 Å². The van der Waals surface area contributed by atoms with Gasteiger partial charge in [-0.15, -0.1) is 0 Å². The Kier molecular flexibility index (Phi) is 4.79. The van der Waals surface area contributed by atoms with Crippen LogP contribution in [0.5, 0.6) is 0 Å². The van der Waals surface area contributed by atoms with Gasteiger partial charge in [0.2, 0.25) is 0 Å². The van der Waals surface area contributed by atoms with Crippen LogP contribution in [-0.2, 0) is 7.05 Å². The third-order valence-electron chi connectivity index (χ3n) is 5.62. The number of imidazole rings is 1. The van der Waals surface area contributed by atoms with Gasteiger partial charge in [-0.1, -0.05) is 0 Å². The summed E-state index contributed by atoms with van der Waals surface area (Å²) < 4.78 is 15.4. The van der Waals surface area contributed by atoms with Gasteiger partial charge in [0, 0.05) is 37.4 Å². The molecule has 2 aromatic carbocycles. The third kappa shape index (κ3) is 3.46. The zero-order valence-corrected chi connectivity index (χ0v) is 16.5. The molecule has 146 valence electrons. The maximum absolute atomic E-state index is 13.4. The Morgan fingerprint density at radius 2 is 2.04 bits per heavy atom. The summed E-state index contributed by atoms with van der Waals surface area (Å²) in [5.41, 5.74) is 4.43. The van der Waals surface area contributed by atoms with Gasteiger partial charge in [-0.25, -0.2) is 9.37 Å². The molecule has 0 aliphatic carbocycles. The van der Waals surface area contributed by atoms with Gasteiger partial charge in [0.25, 0.3) is 5.91 Å². The molecule has 1 atom stereocenters. The van der Waals surface area contributed by atoms with E-state index in [1.54, 1.807) is 6.07 Å². The first-order chi connectivity index (χ1) is 13.4. The topological polar surface area (TPSA) is 50.2 Å². The van der Waals surface area contributed by atoms with Gasteiger partial charge in [0.15, 0.2) is 0 Å². The highest BCUT2D eigenvalue weighted by Gasteiger charge is 2.23. The Bertz CT molecular complexity index is 1040. The summed E-state index contributed by atoms with van der Waals surface area (Å²) in [6.45, 7) is 5.51. The van der Waals surface area contributed by atoms with Crippen molar-refractivity contribution in [3.63, 3.8) is 0 Å². The molecule has 1 aliphatic heterocycles. The average Bonchev–Trinajstić information content (AvgIpc) is 2.95. The Balaban J connectivity index is 1.48. The SMILES string of the molecule is Cc1cc(F)ccc1N1CCCC(NC(=O)c2ccc3c(c2)nc(C)n3C)C1. The normalized spacial score (nSPS) is 17.1. The molecule has 1 fully saturated rings. The number of nitrogens with zero attached hydrogens (tertiary/aromatic N) is 3. The minimum atomic E-state index is -0.219. The van der Waals surface area contributed by atoms with Crippen LogP contribution in [-0.4, -0.2) is 34.6 Å². The fraction of sp³-hybridized carbons (Fsp3) is 0.364. The first-order valence-corrected chi connectivity index (χ1v) is 9.67. The molecule has 1 saturated heterocycles. The first-order valence-electron chi connectivity index (χ1n) is 9.67. The molecular formula is C22H25FN4O. The lowest BCUT2D eigenvalue weighted by Gasteiger charge is -2.35. The Morgan fingerprint density at radius 3 is 2.82 bits per heavy atom. The van der Waals surface area contributed by atoms with Gasteiger partial charge < -0.3 is 14.8 Å². The summed E-state index contributed by atoms with van der Waals surface area (Å²) in [5.74, 6) is 0.626. The van der Waals surface area contributed by atoms with E-state index in [2.05, 4.69) is 15.2 Å². The van der Waals surface area contributed by atoms with Gasteiger partial charge in [0.1, 0.15) is 11.6 Å². The van der Waals surface area contributed by atoms with Crippen molar-refractivity contribution in [3.05, 3.63) is 59.2 Å². The van der Waals surface area contributed by atoms with Crippen LogP contribution in [0.1, 0.15) is 34.6 Å². The van der Waals surface area contributed by atoms with E-state index >= 15 is 0 Å². The molecule has 4 rings (SSSR count). The standard InChI is InChI=1S/C22H25FN4O/c1-14-11-17(23)7-9-20(14)27-10-4-5-18(13-27)25-22(28)16-6-8-21-19(12-16)24-15(2)26(21)3/h6-9,11-12,18H,4-5,10,13H2,1-3H3,(H,25,28). The van der Waals surface area contributed by atoms with Crippen LogP contribution >= 0.6 is 0 Å². The smallest absolute Gasteiger partial charge is 0.251 e. The number of amides is 1. The zero-order valence-electron chi connectivity index (χ0n) is 16.5. The fourth-order valence-corrected chi connectivity index (χ4v) is 4.02. The molecule has 0 saturated carbocycles. The van der Waals surface area contributed by atoms with E-state index in [9.17, 15) is 9.18 Å². The lowest BCUT2D eigenvalue weighted by atomic mass is 10.0. The maximum Gasteiger partial charge on any atom is 0.251 e. The van der Waals surface area contributed by atoms with Crippen molar-refractivity contribution in [2.24, 2.45) is 7.05 Å². The maximum atomic E-state index is 13.4. The first kappa shape index (κ1) is 18.5. The molecule has 0 bridgehead atoms. The number of rotatable bonds is 3. The molecule has 5 nitrogen and oxygen atoms in total. The van der Waals surface area contributed by atoms with Crippen molar-refractivity contribution in [2.75, 3.05) is 18.0 Å². The number of carbonyl (C=O) groups is 1. The van der Waals surface area contributed by atoms with E-state index in [1.165, 1.54) is 6.07 Å². The molecular weight excluding hydrogens is 355 g/mol. The molecule has 1 aliphatic rings. The van der Waals surface area contributed by atoms with Crippen LogP contribution in [0.2, 0.25) is 0 Å². The second-order valence-electron chi connectivity index (χ2n) is 7.61. The minimum absolute atomic E-state index is 0.0619. The molecule has 1 N–H and O–H groups in total. The summed E-state index contributed by atoms with van der Waals surface area (Å²) >= 11 is 0. The van der Waals surface area contributed by atoms with Gasteiger partial charge in [-0.3, -0.25) is 4.79 Å². The number of fused-ring (bicyclic) bond motifs is 1. The van der Waals surface area contributed by atoms with Crippen LogP contribution in [0, 0.1) is 19.7 Å². The summed E-state index contributed by atoms with van der Waals surface area (Å²) in [5, 5.41) is 3.16. The summed E-state index contributed by atoms with van der Waals surface area (Å²) in [6.07, 6.45) is 1.92. The van der Waals surface area contributed by atoms with E-state index in [1.807, 2.05) is 49.7 Å². The van der Waals surface area contributed by atoms with Gasteiger partial charge in [0.05, 0.1) is 11.0 Å². The number of carbonyl (C=O) groups excluding carboxylic acids is 1. The number of piperidine rings is 1. The largest absolute Gasteiger partial charge is 0.369 e. The summed E-state index contributed by atoms with van der Waals surface area (Å²) in [4.78, 5) is 19.5. The van der Waals surface area contributed by atoms with Crippen molar-refractivity contribution >= 4 is 22.6 Å². The van der Waals surface area contributed by atoms with Crippen molar-refractivity contribution < 1.29 is 9.18 Å². The molecule has 0 radical (unpaired) electrons. The highest BCUT2D eigenvalue weighted by Crippen LogP contribution is 2.25. The van der Waals surface area contributed by atoms with Crippen molar-refractivity contribution in [1.29, 1.82) is 0 Å². The summed E-state index contributed by atoms with van der Waals surface area (Å²) in [6, 6.07) is 10.6. The second-order valence-corrected chi connectivity index (χ2v) is 7.61. The van der Waals surface area contributed by atoms with Crippen LogP contribution in [0.3, 0.4) is 0 Å². The van der Waals surface area contributed by atoms with Crippen LogP contribution in [0.15, 0.2) is 36.4 Å². The van der Waals surface area contributed by atoms with Gasteiger partial charge in [-0.05, 0) is 68.7 Å². The second kappa shape index (κ2) is 7.26. The molecule has 1 unspecified atom stereocenters. The molecule has 3 aromatic rings. The van der Waals surface area contributed by atoms with E-state index in [4.69, 9.17) is 0 Å². The molecule has 2 heterocycles. The number of nitrogens with one attached hydrogen (secondary N) is 1. The van der Waals surface area contributed by atoms with E-state index in [0.29, 0.717) is 5.56 Å². The Labute approximate surface area is 164 Å². The molecule has 1 aromatic heterocycles. The molecule has 0 spiro atoms. The fourth-order valence-electron chi connectivity index (χ4n) is 4.02. The third-order valence-corrected chi connectivity index (χ3v) is 5.62. The number of aryl methyl sites for hydroxylation is 3. The van der Waals surface area contributed by atoms with Gasteiger partial charge in [-0.2, -0.15) is 0 Å². The Morgan fingerprint density at radius 1 is 1.21 bits per heavy atom. The number of halogens is 1. The Hall–Kier alpha value is -2.89. The number of benzene rings is 2. The van der Waals surface area contributed by atoms with Crippen LogP contribution in [0.25, 0.3) is 11.0 Å². The van der Waals surface area contributed by atoms with Crippen molar-refractivity contribution in [3.8, 4) is 0 Å². The lowest BCUT2D eigenvalue weighted by molar-refractivity contribution is 0.0933. The van der Waals surface area contributed by atoms with E-state index < -0.39 is 0 Å². The lowest BCUT2D eigenvalue weighted by Crippen LogP contribution is -2.48. The predicted octanol–water partition coefficient (Wildman–Crippen LogP) is 3.73. The molecule has 28 heavy (non-hydrogen) atoms. The monoisotopic (exact) mass is 380 g/mol. The number of hydrogen-bond acceptors (Lipinski definition) is 3. The molecule has 6 heteroatoms. The highest BCUT2D eigenvalue weighted by atomic mass is 19.1. The number of anilines is 1. The molecule has 1 amide bonds. The zero-order chi connectivity index (χ0) is 19.8. The average molecular weight is 380 g/mol. The van der Waals surface area contributed by atoms with E-state index in [-0.39, 0.29) is 17.8 Å².